The second-order valence-corrected chi connectivity index (χ2v) is 12.8. The van der Waals surface area contributed by atoms with E-state index in [2.05, 4.69) is 0 Å². The van der Waals surface area contributed by atoms with Gasteiger partial charge in [0.1, 0.15) is 91.6 Å². The average Bonchev–Trinajstić information content (AvgIpc) is 3.07. The number of methoxy groups -OCH3 is 1. The van der Waals surface area contributed by atoms with Crippen molar-refractivity contribution < 1.29 is 104 Å². The molecule has 0 bridgehead atoms. The van der Waals surface area contributed by atoms with Gasteiger partial charge in [0.2, 0.25) is 0 Å². The molecule has 286 valence electrons. The molecule has 0 aromatic rings. The van der Waals surface area contributed by atoms with E-state index in [-0.39, 0.29) is 6.61 Å². The monoisotopic (exact) mass is 720 g/mol. The molecule has 5 fully saturated rings. The average molecular weight is 721 g/mol. The van der Waals surface area contributed by atoms with Crippen molar-refractivity contribution >= 4 is 0 Å². The molecule has 21 heteroatoms. The Labute approximate surface area is 279 Å². The maximum Gasteiger partial charge on any atom is 0.187 e. The summed E-state index contributed by atoms with van der Waals surface area (Å²) in [6, 6.07) is 0. The maximum absolute atomic E-state index is 11.1. The van der Waals surface area contributed by atoms with Crippen LogP contribution in [0.1, 0.15) is 13.8 Å². The molecule has 0 spiro atoms. The highest BCUT2D eigenvalue weighted by atomic mass is 16.8. The minimum absolute atomic E-state index is 0.312. The summed E-state index contributed by atoms with van der Waals surface area (Å²) in [6.45, 7) is 1.74. The van der Waals surface area contributed by atoms with E-state index in [0.717, 1.165) is 0 Å². The molecule has 21 nitrogen and oxygen atoms in total. The first-order valence-electron chi connectivity index (χ1n) is 15.9. The van der Waals surface area contributed by atoms with Crippen molar-refractivity contribution in [2.75, 3.05) is 26.9 Å². The number of rotatable bonds is 9. The molecule has 0 aliphatic carbocycles. The molecule has 5 rings (SSSR count). The molecule has 0 unspecified atom stereocenters. The van der Waals surface area contributed by atoms with Crippen molar-refractivity contribution in [2.24, 2.45) is 0 Å². The molecule has 5 aliphatic rings. The van der Waals surface area contributed by atoms with Crippen LogP contribution >= 0.6 is 0 Å². The summed E-state index contributed by atoms with van der Waals surface area (Å²) in [6.07, 6.45) is -32.9. The zero-order valence-electron chi connectivity index (χ0n) is 26.8. The fourth-order valence-corrected chi connectivity index (χ4v) is 6.28. The van der Waals surface area contributed by atoms with Crippen molar-refractivity contribution in [1.29, 1.82) is 0 Å². The number of hydrogen-bond donors (Lipinski definition) is 11. The van der Waals surface area contributed by atoms with Crippen LogP contribution in [0.3, 0.4) is 0 Å². The molecule has 49 heavy (non-hydrogen) atoms. The summed E-state index contributed by atoms with van der Waals surface area (Å²) in [5, 5.41) is 115. The summed E-state index contributed by atoms with van der Waals surface area (Å²) >= 11 is 0. The minimum Gasteiger partial charge on any atom is -0.388 e. The van der Waals surface area contributed by atoms with Gasteiger partial charge in [0.05, 0.1) is 32.0 Å². The van der Waals surface area contributed by atoms with Gasteiger partial charge in [0.25, 0.3) is 0 Å². The summed E-state index contributed by atoms with van der Waals surface area (Å²) < 4.78 is 55.8. The quantitative estimate of drug-likeness (QED) is 0.105. The lowest BCUT2D eigenvalue weighted by molar-refractivity contribution is -0.387. The van der Waals surface area contributed by atoms with Gasteiger partial charge < -0.3 is 104 Å². The van der Waals surface area contributed by atoms with Gasteiger partial charge in [0, 0.05) is 7.11 Å². The first-order valence-corrected chi connectivity index (χ1v) is 15.9. The van der Waals surface area contributed by atoms with E-state index in [1.165, 1.54) is 21.0 Å². The van der Waals surface area contributed by atoms with Gasteiger partial charge in [-0.05, 0) is 13.8 Å². The van der Waals surface area contributed by atoms with Crippen LogP contribution in [0.15, 0.2) is 0 Å². The molecular weight excluding hydrogens is 672 g/mol. The van der Waals surface area contributed by atoms with Crippen molar-refractivity contribution in [3.8, 4) is 0 Å². The van der Waals surface area contributed by atoms with Crippen LogP contribution in [0.2, 0.25) is 0 Å². The zero-order valence-corrected chi connectivity index (χ0v) is 26.8. The van der Waals surface area contributed by atoms with Gasteiger partial charge in [-0.2, -0.15) is 0 Å². The van der Waals surface area contributed by atoms with E-state index < -0.39 is 148 Å². The Hall–Kier alpha value is -0.840. The molecule has 22 atom stereocenters. The Morgan fingerprint density at radius 1 is 0.388 bits per heavy atom. The predicted octanol–water partition coefficient (Wildman–Crippen LogP) is -7.30. The van der Waals surface area contributed by atoms with E-state index >= 15 is 0 Å². The van der Waals surface area contributed by atoms with Gasteiger partial charge in [-0.3, -0.25) is 0 Å². The lowest BCUT2D eigenvalue weighted by Gasteiger charge is -2.48. The van der Waals surface area contributed by atoms with Crippen LogP contribution in [0.5, 0.6) is 0 Å². The largest absolute Gasteiger partial charge is 0.388 e. The van der Waals surface area contributed by atoms with Crippen LogP contribution < -0.4 is 0 Å². The van der Waals surface area contributed by atoms with Crippen molar-refractivity contribution in [3.63, 3.8) is 0 Å². The molecule has 11 N–H and O–H groups in total. The van der Waals surface area contributed by atoms with Crippen molar-refractivity contribution in [2.45, 2.75) is 149 Å². The predicted molar refractivity (Wildman–Crippen MR) is 150 cm³/mol. The highest BCUT2D eigenvalue weighted by molar-refractivity contribution is 4.95. The molecule has 5 aliphatic heterocycles. The van der Waals surface area contributed by atoms with Gasteiger partial charge >= 0.3 is 0 Å². The molecule has 0 aromatic heterocycles. The molecule has 0 aromatic carbocycles. The fourth-order valence-electron chi connectivity index (χ4n) is 6.28. The lowest BCUT2D eigenvalue weighted by Crippen LogP contribution is -2.65. The highest BCUT2D eigenvalue weighted by Gasteiger charge is 2.53. The maximum atomic E-state index is 11.1. The van der Waals surface area contributed by atoms with Crippen molar-refractivity contribution in [3.05, 3.63) is 0 Å². The third-order valence-electron chi connectivity index (χ3n) is 9.27. The second kappa shape index (κ2) is 16.4. The summed E-state index contributed by atoms with van der Waals surface area (Å²) in [5.41, 5.74) is 0. The van der Waals surface area contributed by atoms with E-state index in [0.29, 0.717) is 0 Å². The van der Waals surface area contributed by atoms with Crippen LogP contribution in [-0.2, 0) is 47.4 Å². The summed E-state index contributed by atoms with van der Waals surface area (Å²) in [7, 11) is 1.26. The minimum atomic E-state index is -1.84. The van der Waals surface area contributed by atoms with E-state index in [9.17, 15) is 56.2 Å². The SMILES string of the molecule is CO[C@@H]1OC[C@@H](O)[C@H](O[C@@H]2O[C@@H](C)[C@H](O)[C@@H](O)[C@H]2O)[C@H]1O[C@@H]1O[C@@H](C)[C@H](O[C@@H]2OC[C@@H](O)[C@H](O[C@@H]3OC[C@@H](O)[C@H](O)[C@H]3O)[C@H]2O)[C@@H](O)[C@H]1O. The molecule has 0 saturated carbocycles. The van der Waals surface area contributed by atoms with Crippen LogP contribution in [-0.4, -0.2) is 218 Å². The van der Waals surface area contributed by atoms with Crippen LogP contribution in [0.4, 0.5) is 0 Å². The summed E-state index contributed by atoms with van der Waals surface area (Å²) in [4.78, 5) is 0. The lowest BCUT2D eigenvalue weighted by atomic mass is 9.98. The topological polar surface area (TPSA) is 315 Å². The molecule has 5 saturated heterocycles. The zero-order chi connectivity index (χ0) is 35.9. The second-order valence-electron chi connectivity index (χ2n) is 12.8. The third kappa shape index (κ3) is 8.22. The van der Waals surface area contributed by atoms with Crippen LogP contribution in [0.25, 0.3) is 0 Å². The standard InChI is InChI=1S/C28H48O21/c1-7-12(32)14(34)17(37)26(44-7)48-22-11(31)6-43-28(40-3)23(22)49-27-18(38)15(35)20(8(2)45-27)46-25-19(39)21(10(30)5-42-25)47-24-16(36)13(33)9(29)4-41-24/h7-39H,4-6H2,1-3H3/t7-,8-,9+,10+,11+,12-,13-,14+,15-,16+,17+,18+,19+,20-,21-,22-,23+,24-,25-,26-,27-,28+/m0/s1. The third-order valence-corrected chi connectivity index (χ3v) is 9.27. The Morgan fingerprint density at radius 3 is 1.47 bits per heavy atom. The Balaban J connectivity index is 1.24. The Bertz CT molecular complexity index is 1040. The van der Waals surface area contributed by atoms with Gasteiger partial charge in [-0.15, -0.1) is 0 Å². The number of aliphatic hydroxyl groups is 11. The van der Waals surface area contributed by atoms with E-state index in [4.69, 9.17) is 47.4 Å². The Kier molecular flexibility index (Phi) is 13.2. The fraction of sp³-hybridized carbons (Fsp3) is 1.00. The first kappa shape index (κ1) is 39.4. The highest BCUT2D eigenvalue weighted by Crippen LogP contribution is 2.34. The smallest absolute Gasteiger partial charge is 0.187 e. The normalized spacial score (nSPS) is 54.5. The van der Waals surface area contributed by atoms with Gasteiger partial charge in [-0.1, -0.05) is 0 Å². The summed E-state index contributed by atoms with van der Waals surface area (Å²) in [5.74, 6) is 0. The van der Waals surface area contributed by atoms with Gasteiger partial charge in [0.15, 0.2) is 31.5 Å². The van der Waals surface area contributed by atoms with Crippen molar-refractivity contribution in [1.82, 2.24) is 0 Å². The van der Waals surface area contributed by atoms with E-state index in [1.807, 2.05) is 0 Å². The molecular formula is C28H48O21. The number of ether oxygens (including phenoxy) is 10. The number of aliphatic hydroxyl groups excluding tert-OH is 11. The van der Waals surface area contributed by atoms with Gasteiger partial charge in [-0.25, -0.2) is 0 Å². The Morgan fingerprint density at radius 2 is 0.837 bits per heavy atom. The number of hydrogen-bond acceptors (Lipinski definition) is 21. The first-order chi connectivity index (χ1) is 23.1. The molecule has 5 heterocycles. The molecule has 0 amide bonds. The molecule has 0 radical (unpaired) electrons. The van der Waals surface area contributed by atoms with Crippen LogP contribution in [0, 0.1) is 0 Å². The van der Waals surface area contributed by atoms with E-state index in [1.54, 1.807) is 0 Å².